The van der Waals surface area contributed by atoms with E-state index < -0.39 is 0 Å². The Hall–Kier alpha value is -0.120. The predicted octanol–water partition coefficient (Wildman–Crippen LogP) is 1.54. The molecule has 0 saturated carbocycles. The van der Waals surface area contributed by atoms with Gasteiger partial charge in [0.1, 0.15) is 0 Å². The molecule has 0 spiro atoms. The van der Waals surface area contributed by atoms with Crippen molar-refractivity contribution in [2.75, 3.05) is 39.3 Å². The van der Waals surface area contributed by atoms with Gasteiger partial charge in [0, 0.05) is 38.3 Å². The average molecular weight is 239 g/mol. The zero-order valence-corrected chi connectivity index (χ0v) is 11.6. The molecule has 3 heteroatoms. The summed E-state index contributed by atoms with van der Waals surface area (Å²) >= 11 is 0. The van der Waals surface area contributed by atoms with Crippen LogP contribution < -0.4 is 5.32 Å². The van der Waals surface area contributed by atoms with E-state index in [0.717, 1.165) is 18.6 Å². The maximum absolute atomic E-state index is 3.53. The quantitative estimate of drug-likeness (QED) is 0.758. The van der Waals surface area contributed by atoms with E-state index in [9.17, 15) is 0 Å². The molecule has 0 aromatic heterocycles. The largest absolute Gasteiger partial charge is 0.315 e. The summed E-state index contributed by atoms with van der Waals surface area (Å²) in [4.78, 5) is 5.45. The third-order valence-electron chi connectivity index (χ3n) is 4.39. The highest BCUT2D eigenvalue weighted by Crippen LogP contribution is 2.23. The maximum Gasteiger partial charge on any atom is 0.0224 e. The van der Waals surface area contributed by atoms with Gasteiger partial charge in [0.15, 0.2) is 0 Å². The lowest BCUT2D eigenvalue weighted by molar-refractivity contribution is 0.0678. The SMILES string of the molecule is CCCC(CNCC)N1CCN2CCCC2C1. The Morgan fingerprint density at radius 3 is 2.88 bits per heavy atom. The van der Waals surface area contributed by atoms with Gasteiger partial charge in [-0.3, -0.25) is 9.80 Å². The molecule has 0 radical (unpaired) electrons. The second kappa shape index (κ2) is 6.72. The van der Waals surface area contributed by atoms with Crippen LogP contribution in [0.2, 0.25) is 0 Å². The van der Waals surface area contributed by atoms with Crippen molar-refractivity contribution in [3.8, 4) is 0 Å². The van der Waals surface area contributed by atoms with Gasteiger partial charge in [0.2, 0.25) is 0 Å². The molecule has 100 valence electrons. The number of piperazine rings is 1. The molecule has 0 aromatic rings. The zero-order chi connectivity index (χ0) is 12.1. The molecule has 2 unspecified atom stereocenters. The first-order valence-corrected chi connectivity index (χ1v) is 7.54. The zero-order valence-electron chi connectivity index (χ0n) is 11.6. The second-order valence-corrected chi connectivity index (χ2v) is 5.58. The lowest BCUT2D eigenvalue weighted by Gasteiger charge is -2.41. The Balaban J connectivity index is 1.85. The van der Waals surface area contributed by atoms with E-state index in [1.807, 2.05) is 0 Å². The molecule has 2 atom stereocenters. The minimum atomic E-state index is 0.766. The first-order chi connectivity index (χ1) is 8.35. The molecular formula is C14H29N3. The Kier molecular flexibility index (Phi) is 5.26. The molecule has 3 nitrogen and oxygen atoms in total. The predicted molar refractivity (Wildman–Crippen MR) is 73.4 cm³/mol. The highest BCUT2D eigenvalue weighted by molar-refractivity contribution is 4.89. The molecule has 1 N–H and O–H groups in total. The van der Waals surface area contributed by atoms with Crippen molar-refractivity contribution in [1.29, 1.82) is 0 Å². The van der Waals surface area contributed by atoms with Crippen molar-refractivity contribution in [1.82, 2.24) is 15.1 Å². The van der Waals surface area contributed by atoms with Gasteiger partial charge in [-0.05, 0) is 32.4 Å². The molecule has 2 aliphatic heterocycles. The molecule has 2 saturated heterocycles. The second-order valence-electron chi connectivity index (χ2n) is 5.58. The number of rotatable bonds is 6. The molecule has 0 aliphatic carbocycles. The molecule has 17 heavy (non-hydrogen) atoms. The van der Waals surface area contributed by atoms with Crippen molar-refractivity contribution in [3.63, 3.8) is 0 Å². The number of hydrogen-bond donors (Lipinski definition) is 1. The summed E-state index contributed by atoms with van der Waals surface area (Å²) in [6.45, 7) is 12.0. The molecule has 2 aliphatic rings. The van der Waals surface area contributed by atoms with E-state index in [1.165, 1.54) is 58.4 Å². The Morgan fingerprint density at radius 1 is 1.24 bits per heavy atom. The number of fused-ring (bicyclic) bond motifs is 1. The van der Waals surface area contributed by atoms with Crippen molar-refractivity contribution in [2.45, 2.75) is 51.6 Å². The van der Waals surface area contributed by atoms with Crippen LogP contribution in [-0.2, 0) is 0 Å². The fourth-order valence-corrected chi connectivity index (χ4v) is 3.40. The Labute approximate surface area is 107 Å². The topological polar surface area (TPSA) is 18.5 Å². The number of hydrogen-bond acceptors (Lipinski definition) is 3. The first-order valence-electron chi connectivity index (χ1n) is 7.54. The van der Waals surface area contributed by atoms with Gasteiger partial charge in [0.25, 0.3) is 0 Å². The highest BCUT2D eigenvalue weighted by atomic mass is 15.3. The lowest BCUT2D eigenvalue weighted by atomic mass is 10.1. The summed E-state index contributed by atoms with van der Waals surface area (Å²) in [5.41, 5.74) is 0. The third kappa shape index (κ3) is 3.43. The van der Waals surface area contributed by atoms with Gasteiger partial charge >= 0.3 is 0 Å². The summed E-state index contributed by atoms with van der Waals surface area (Å²) in [6, 6.07) is 1.63. The van der Waals surface area contributed by atoms with Crippen LogP contribution in [0.25, 0.3) is 0 Å². The van der Waals surface area contributed by atoms with Crippen LogP contribution in [0.3, 0.4) is 0 Å². The average Bonchev–Trinajstić information content (AvgIpc) is 2.81. The summed E-state index contributed by atoms with van der Waals surface area (Å²) < 4.78 is 0. The minimum Gasteiger partial charge on any atom is -0.315 e. The van der Waals surface area contributed by atoms with E-state index in [2.05, 4.69) is 29.0 Å². The monoisotopic (exact) mass is 239 g/mol. The number of likely N-dealkylation sites (N-methyl/N-ethyl adjacent to an activating group) is 1. The first kappa shape index (κ1) is 13.3. The van der Waals surface area contributed by atoms with Crippen LogP contribution in [0.5, 0.6) is 0 Å². The molecular weight excluding hydrogens is 210 g/mol. The maximum atomic E-state index is 3.53. The molecule has 2 heterocycles. The van der Waals surface area contributed by atoms with E-state index in [1.54, 1.807) is 0 Å². The number of nitrogens with zero attached hydrogens (tertiary/aromatic N) is 2. The van der Waals surface area contributed by atoms with Gasteiger partial charge in [0.05, 0.1) is 0 Å². The van der Waals surface area contributed by atoms with Crippen LogP contribution >= 0.6 is 0 Å². The molecule has 0 amide bonds. The van der Waals surface area contributed by atoms with Crippen molar-refractivity contribution in [2.24, 2.45) is 0 Å². The van der Waals surface area contributed by atoms with Crippen LogP contribution in [0, 0.1) is 0 Å². The van der Waals surface area contributed by atoms with Gasteiger partial charge in [-0.1, -0.05) is 20.3 Å². The Morgan fingerprint density at radius 2 is 2.12 bits per heavy atom. The van der Waals surface area contributed by atoms with Gasteiger partial charge in [-0.25, -0.2) is 0 Å². The minimum absolute atomic E-state index is 0.766. The Bertz CT molecular complexity index is 220. The molecule has 0 bridgehead atoms. The smallest absolute Gasteiger partial charge is 0.0224 e. The van der Waals surface area contributed by atoms with Gasteiger partial charge in [-0.2, -0.15) is 0 Å². The van der Waals surface area contributed by atoms with Gasteiger partial charge < -0.3 is 5.32 Å². The van der Waals surface area contributed by atoms with Gasteiger partial charge in [-0.15, -0.1) is 0 Å². The van der Waals surface area contributed by atoms with Crippen LogP contribution in [0.1, 0.15) is 39.5 Å². The lowest BCUT2D eigenvalue weighted by Crippen LogP contribution is -2.55. The summed E-state index contributed by atoms with van der Waals surface area (Å²) in [5, 5.41) is 3.53. The summed E-state index contributed by atoms with van der Waals surface area (Å²) in [6.07, 6.45) is 5.50. The van der Waals surface area contributed by atoms with Crippen molar-refractivity contribution < 1.29 is 0 Å². The van der Waals surface area contributed by atoms with Crippen LogP contribution in [-0.4, -0.2) is 61.2 Å². The van der Waals surface area contributed by atoms with E-state index in [-0.39, 0.29) is 0 Å². The molecule has 2 rings (SSSR count). The van der Waals surface area contributed by atoms with Crippen LogP contribution in [0.15, 0.2) is 0 Å². The number of nitrogens with one attached hydrogen (secondary N) is 1. The van der Waals surface area contributed by atoms with Crippen molar-refractivity contribution in [3.05, 3.63) is 0 Å². The van der Waals surface area contributed by atoms with E-state index in [4.69, 9.17) is 0 Å². The van der Waals surface area contributed by atoms with Crippen molar-refractivity contribution >= 4 is 0 Å². The molecule has 2 fully saturated rings. The van der Waals surface area contributed by atoms with E-state index in [0.29, 0.717) is 0 Å². The van der Waals surface area contributed by atoms with Crippen LogP contribution in [0.4, 0.5) is 0 Å². The fourth-order valence-electron chi connectivity index (χ4n) is 3.40. The van der Waals surface area contributed by atoms with E-state index >= 15 is 0 Å². The fraction of sp³-hybridized carbons (Fsp3) is 1.00. The normalized spacial score (nSPS) is 28.2. The highest BCUT2D eigenvalue weighted by Gasteiger charge is 2.32. The standard InChI is InChI=1S/C14H29N3/c1-3-6-13(11-15-4-2)17-10-9-16-8-5-7-14(16)12-17/h13-15H,3-12H2,1-2H3. The summed E-state index contributed by atoms with van der Waals surface area (Å²) in [7, 11) is 0. The third-order valence-corrected chi connectivity index (χ3v) is 4.39. The summed E-state index contributed by atoms with van der Waals surface area (Å²) in [5.74, 6) is 0. The molecule has 0 aromatic carbocycles.